The Hall–Kier alpha value is -3.64. The highest BCUT2D eigenvalue weighted by atomic mass is 31.2. The van der Waals surface area contributed by atoms with Crippen molar-refractivity contribution in [2.45, 2.75) is 107 Å². The molecule has 4 aliphatic rings. The van der Waals surface area contributed by atoms with E-state index < -0.39 is 101 Å². The standard InChI is InChI=1S/C31H47N6O16P/c1-13-22-14(2)36(12-37(22)23-27(33-13)34-31(32)35-28(23)45)16-5-3-15(4-6-16)9-17(38)24(42)18(39)10-50-30-26(44)25(43)20(52-30)11-51-54(48,49)53-19(29(46)47)7-8-21(40)41/h3-6,13-14,17-20,22,24-26,30-31,33-34,38-39,42-44H,7-12,32H2,1-2H3,(H,35,45)(H,40,41)(H,46,47)(H,48,49)/t13-,14+,17-,18+,19-,20+,22+,24-,25+,26+,30-,31?/m0/s1. The van der Waals surface area contributed by atoms with E-state index in [4.69, 9.17) is 25.4 Å². The number of carboxylic acids is 2. The fraction of sp³-hybridized carbons (Fsp3) is 0.645. The quantitative estimate of drug-likeness (QED) is 0.0673. The average Bonchev–Trinajstić information content (AvgIpc) is 3.58. The Morgan fingerprint density at radius 2 is 1.72 bits per heavy atom. The molecule has 2 unspecified atom stereocenters. The number of aliphatic hydroxyl groups excluding tert-OH is 5. The van der Waals surface area contributed by atoms with Gasteiger partial charge in [0, 0.05) is 24.6 Å². The Morgan fingerprint density at radius 1 is 1.04 bits per heavy atom. The normalized spacial score (nSPS) is 31.3. The number of carbonyl (C=O) groups is 3. The monoisotopic (exact) mass is 790 g/mol. The topological polar surface area (TPSA) is 336 Å². The van der Waals surface area contributed by atoms with Crippen LogP contribution in [0.1, 0.15) is 32.3 Å². The molecule has 23 heteroatoms. The van der Waals surface area contributed by atoms with Gasteiger partial charge in [0.2, 0.25) is 0 Å². The Bertz CT molecular complexity index is 1610. The van der Waals surface area contributed by atoms with Gasteiger partial charge in [-0.1, -0.05) is 12.1 Å². The minimum atomic E-state index is -5.11. The fourth-order valence-corrected chi connectivity index (χ4v) is 7.81. The van der Waals surface area contributed by atoms with E-state index in [0.29, 0.717) is 23.8 Å². The van der Waals surface area contributed by atoms with E-state index in [2.05, 4.69) is 36.8 Å². The van der Waals surface area contributed by atoms with Gasteiger partial charge in [-0.05, 0) is 38.0 Å². The predicted molar refractivity (Wildman–Crippen MR) is 181 cm³/mol. The van der Waals surface area contributed by atoms with Gasteiger partial charge in [0.15, 0.2) is 18.7 Å². The lowest BCUT2D eigenvalue weighted by molar-refractivity contribution is -0.192. The number of aliphatic hydroxyl groups is 5. The maximum Gasteiger partial charge on any atom is 0.473 e. The molecule has 0 aliphatic carbocycles. The maximum atomic E-state index is 12.8. The lowest BCUT2D eigenvalue weighted by atomic mass is 9.98. The zero-order chi connectivity index (χ0) is 39.6. The van der Waals surface area contributed by atoms with Crippen LogP contribution in [0.15, 0.2) is 35.8 Å². The predicted octanol–water partition coefficient (Wildman–Crippen LogP) is -3.81. The first kappa shape index (κ1) is 41.5. The number of benzene rings is 1. The first-order chi connectivity index (χ1) is 25.4. The van der Waals surface area contributed by atoms with Gasteiger partial charge < -0.3 is 75.9 Å². The number of nitrogens with two attached hydrogens (primary N) is 1. The first-order valence-corrected chi connectivity index (χ1v) is 18.6. The fourth-order valence-electron chi connectivity index (χ4n) is 6.90. The highest BCUT2D eigenvalue weighted by molar-refractivity contribution is 7.47. The van der Waals surface area contributed by atoms with Crippen LogP contribution in [-0.2, 0) is 43.9 Å². The molecule has 13 atom stereocenters. The molecule has 5 rings (SSSR count). The molecule has 1 aromatic carbocycles. The van der Waals surface area contributed by atoms with Crippen LogP contribution >= 0.6 is 7.82 Å². The number of carbonyl (C=O) groups excluding carboxylic acids is 1. The van der Waals surface area contributed by atoms with Gasteiger partial charge in [-0.2, -0.15) is 0 Å². The average molecular weight is 791 g/mol. The Morgan fingerprint density at radius 3 is 2.37 bits per heavy atom. The summed E-state index contributed by atoms with van der Waals surface area (Å²) in [5.41, 5.74) is 7.85. The minimum Gasteiger partial charge on any atom is -0.481 e. The van der Waals surface area contributed by atoms with Crippen molar-refractivity contribution in [3.63, 3.8) is 0 Å². The highest BCUT2D eigenvalue weighted by Crippen LogP contribution is 2.46. The van der Waals surface area contributed by atoms with E-state index in [1.807, 2.05) is 24.0 Å². The molecule has 0 spiro atoms. The van der Waals surface area contributed by atoms with E-state index >= 15 is 0 Å². The number of phosphoric ester groups is 1. The maximum absolute atomic E-state index is 12.8. The van der Waals surface area contributed by atoms with Crippen molar-refractivity contribution >= 4 is 31.4 Å². The van der Waals surface area contributed by atoms with Crippen LogP contribution in [0.4, 0.5) is 5.69 Å². The zero-order valence-electron chi connectivity index (χ0n) is 29.2. The molecule has 1 amide bonds. The number of anilines is 1. The summed E-state index contributed by atoms with van der Waals surface area (Å²) < 4.78 is 32.1. The number of ether oxygens (including phenoxy) is 2. The van der Waals surface area contributed by atoms with Gasteiger partial charge >= 0.3 is 19.8 Å². The van der Waals surface area contributed by atoms with Crippen molar-refractivity contribution in [2.75, 3.05) is 24.8 Å². The van der Waals surface area contributed by atoms with E-state index in [9.17, 15) is 49.4 Å². The van der Waals surface area contributed by atoms with Crippen molar-refractivity contribution in [3.05, 3.63) is 41.3 Å². The van der Waals surface area contributed by atoms with Crippen molar-refractivity contribution in [1.82, 2.24) is 20.9 Å². The second kappa shape index (κ2) is 17.0. The van der Waals surface area contributed by atoms with Crippen molar-refractivity contribution in [1.29, 1.82) is 0 Å². The zero-order valence-corrected chi connectivity index (χ0v) is 30.1. The van der Waals surface area contributed by atoms with Gasteiger partial charge in [-0.15, -0.1) is 0 Å². The van der Waals surface area contributed by atoms with Gasteiger partial charge in [-0.25, -0.2) is 9.36 Å². The minimum absolute atomic E-state index is 0.00323. The number of carboxylic acid groups (broad SMARTS) is 2. The summed E-state index contributed by atoms with van der Waals surface area (Å²) in [6.45, 7) is 2.94. The summed E-state index contributed by atoms with van der Waals surface area (Å²) in [7, 11) is -5.11. The van der Waals surface area contributed by atoms with Crippen LogP contribution in [0.2, 0.25) is 0 Å². The molecule has 0 radical (unpaired) electrons. The number of nitrogens with one attached hydrogen (secondary N) is 3. The number of aliphatic carboxylic acids is 2. The lowest BCUT2D eigenvalue weighted by Gasteiger charge is -2.43. The third-order valence-electron chi connectivity index (χ3n) is 9.67. The van der Waals surface area contributed by atoms with Crippen LogP contribution in [0.25, 0.3) is 0 Å². The number of fused-ring (bicyclic) bond motifs is 2. The molecular formula is C31H47N6O16P. The molecule has 1 aromatic rings. The Balaban J connectivity index is 1.09. The molecule has 2 saturated heterocycles. The molecule has 0 saturated carbocycles. The number of nitrogens with zero attached hydrogens (tertiary/aromatic N) is 2. The van der Waals surface area contributed by atoms with Gasteiger partial charge in [0.1, 0.15) is 42.0 Å². The van der Waals surface area contributed by atoms with Crippen LogP contribution < -0.4 is 26.6 Å². The Labute approximate surface area is 308 Å². The van der Waals surface area contributed by atoms with Gasteiger partial charge in [0.05, 0.1) is 38.1 Å². The largest absolute Gasteiger partial charge is 0.481 e. The SMILES string of the molecule is C[C@@H]1NC2=C(C(=O)NC(N)N2)N2CN(c3ccc(C[C@H](O)[C@H](O)[C@H](O)CO[C@H]4O[C@H](COP(=O)(O)O[C@@H](CCC(=O)O)C(=O)O)[C@@H](O)[C@H]4O)cc3)[C@H](C)[C@@H]12. The number of hydrogen-bond acceptors (Lipinski definition) is 18. The van der Waals surface area contributed by atoms with Crippen molar-refractivity contribution in [2.24, 2.45) is 5.73 Å². The summed E-state index contributed by atoms with van der Waals surface area (Å²) >= 11 is 0. The molecule has 302 valence electrons. The van der Waals surface area contributed by atoms with Crippen LogP contribution in [0.5, 0.6) is 0 Å². The molecule has 2 fully saturated rings. The molecule has 4 heterocycles. The molecule has 4 aliphatic heterocycles. The summed E-state index contributed by atoms with van der Waals surface area (Å²) in [5.74, 6) is -2.78. The lowest BCUT2D eigenvalue weighted by Crippen LogP contribution is -2.66. The molecule has 22 nitrogen and oxygen atoms in total. The summed E-state index contributed by atoms with van der Waals surface area (Å²) in [4.78, 5) is 48.9. The molecule has 54 heavy (non-hydrogen) atoms. The molecular weight excluding hydrogens is 743 g/mol. The van der Waals surface area contributed by atoms with Crippen LogP contribution in [0, 0.1) is 0 Å². The summed E-state index contributed by atoms with van der Waals surface area (Å²) in [6.07, 6.45) is -15.5. The number of hydrogen-bond donors (Lipinski definition) is 12. The van der Waals surface area contributed by atoms with Crippen molar-refractivity contribution < 1.29 is 78.1 Å². The smallest absolute Gasteiger partial charge is 0.473 e. The second-order valence-corrected chi connectivity index (χ2v) is 15.0. The van der Waals surface area contributed by atoms with Gasteiger partial charge in [0.25, 0.3) is 5.91 Å². The summed E-state index contributed by atoms with van der Waals surface area (Å²) in [5, 5.41) is 79.4. The highest BCUT2D eigenvalue weighted by Gasteiger charge is 2.49. The van der Waals surface area contributed by atoms with E-state index in [0.717, 1.165) is 5.69 Å². The number of amides is 1. The molecule has 0 bridgehead atoms. The van der Waals surface area contributed by atoms with Crippen molar-refractivity contribution in [3.8, 4) is 0 Å². The van der Waals surface area contributed by atoms with E-state index in [1.165, 1.54) is 0 Å². The number of rotatable bonds is 17. The van der Waals surface area contributed by atoms with Gasteiger partial charge in [-0.3, -0.25) is 24.4 Å². The molecule has 13 N–H and O–H groups in total. The van der Waals surface area contributed by atoms with Crippen LogP contribution in [0.3, 0.4) is 0 Å². The second-order valence-electron chi connectivity index (χ2n) is 13.5. The third-order valence-corrected chi connectivity index (χ3v) is 10.7. The van der Waals surface area contributed by atoms with Crippen LogP contribution in [-0.4, -0.2) is 157 Å². The van der Waals surface area contributed by atoms with E-state index in [-0.39, 0.29) is 30.5 Å². The Kier molecular flexibility index (Phi) is 13.1. The molecule has 0 aromatic heterocycles. The summed E-state index contributed by atoms with van der Waals surface area (Å²) in [6, 6.07) is 7.19. The van der Waals surface area contributed by atoms with E-state index in [1.54, 1.807) is 12.1 Å². The first-order valence-electron chi connectivity index (χ1n) is 17.1. The third kappa shape index (κ3) is 9.41. The number of phosphoric acid groups is 1.